The Morgan fingerprint density at radius 2 is 1.74 bits per heavy atom. The molecule has 0 spiro atoms. The van der Waals surface area contributed by atoms with Crippen molar-refractivity contribution >= 4 is 23.4 Å². The molecule has 5 rings (SSSR count). The Balaban J connectivity index is 1.50. The molecule has 9 nitrogen and oxygen atoms in total. The first-order valence-corrected chi connectivity index (χ1v) is 10.9. The number of fused-ring (bicyclic) bond motifs is 5. The summed E-state index contributed by atoms with van der Waals surface area (Å²) < 4.78 is 12.8. The fourth-order valence-corrected chi connectivity index (χ4v) is 4.64. The molecule has 34 heavy (non-hydrogen) atoms. The van der Waals surface area contributed by atoms with Crippen LogP contribution in [0.25, 0.3) is 0 Å². The van der Waals surface area contributed by atoms with E-state index in [-0.39, 0.29) is 24.3 Å². The first-order valence-electron chi connectivity index (χ1n) is 10.9. The molecular formula is C25H24N4O5. The van der Waals surface area contributed by atoms with Gasteiger partial charge < -0.3 is 24.3 Å². The molecule has 3 amide bonds. The molecule has 2 aromatic carbocycles. The summed E-state index contributed by atoms with van der Waals surface area (Å²) >= 11 is 0. The van der Waals surface area contributed by atoms with Crippen LogP contribution in [0, 0.1) is 0 Å². The number of benzene rings is 2. The highest BCUT2D eigenvalue weighted by Gasteiger charge is 2.50. The zero-order chi connectivity index (χ0) is 23.8. The van der Waals surface area contributed by atoms with Gasteiger partial charge in [0.15, 0.2) is 11.5 Å². The Kier molecular flexibility index (Phi) is 5.45. The predicted molar refractivity (Wildman–Crippen MR) is 124 cm³/mol. The third-order valence-electron chi connectivity index (χ3n) is 6.16. The highest BCUT2D eigenvalue weighted by Crippen LogP contribution is 2.49. The summed E-state index contributed by atoms with van der Waals surface area (Å²) in [6, 6.07) is 14.2. The Hall–Kier alpha value is -4.27. The minimum absolute atomic E-state index is 0.193. The lowest BCUT2D eigenvalue weighted by Crippen LogP contribution is -2.51. The van der Waals surface area contributed by atoms with Gasteiger partial charge in [-0.05, 0) is 30.3 Å². The summed E-state index contributed by atoms with van der Waals surface area (Å²) in [6.07, 6.45) is 3.07. The molecule has 0 saturated carbocycles. The van der Waals surface area contributed by atoms with Gasteiger partial charge in [-0.1, -0.05) is 18.2 Å². The van der Waals surface area contributed by atoms with Crippen molar-refractivity contribution in [3.63, 3.8) is 0 Å². The molecule has 9 heteroatoms. The van der Waals surface area contributed by atoms with Crippen molar-refractivity contribution < 1.29 is 23.9 Å². The quantitative estimate of drug-likeness (QED) is 0.585. The summed E-state index contributed by atoms with van der Waals surface area (Å²) in [5.41, 5.74) is 1.79. The molecule has 0 fully saturated rings. The van der Waals surface area contributed by atoms with E-state index in [2.05, 4.69) is 5.32 Å². The van der Waals surface area contributed by atoms with Gasteiger partial charge in [-0.15, -0.1) is 0 Å². The van der Waals surface area contributed by atoms with Crippen molar-refractivity contribution in [2.75, 3.05) is 32.2 Å². The molecule has 0 radical (unpaired) electrons. The van der Waals surface area contributed by atoms with E-state index in [4.69, 9.17) is 9.47 Å². The van der Waals surface area contributed by atoms with Gasteiger partial charge in [0.05, 0.1) is 31.0 Å². The zero-order valence-electron chi connectivity index (χ0n) is 18.9. The fourth-order valence-electron chi connectivity index (χ4n) is 4.64. The minimum atomic E-state index is -0.764. The van der Waals surface area contributed by atoms with Gasteiger partial charge >= 0.3 is 0 Å². The number of nitrogens with zero attached hydrogens (tertiary/aromatic N) is 3. The number of aromatic nitrogens is 1. The first kappa shape index (κ1) is 21.6. The van der Waals surface area contributed by atoms with Crippen LogP contribution >= 0.6 is 0 Å². The number of hydrogen-bond acceptors (Lipinski definition) is 5. The normalized spacial score (nSPS) is 16.1. The third kappa shape index (κ3) is 3.37. The Morgan fingerprint density at radius 1 is 0.971 bits per heavy atom. The third-order valence-corrected chi connectivity index (χ3v) is 6.16. The molecule has 1 aromatic heterocycles. The van der Waals surface area contributed by atoms with E-state index in [1.807, 2.05) is 29.1 Å². The van der Waals surface area contributed by atoms with E-state index in [1.54, 1.807) is 41.3 Å². The number of amides is 3. The second-order valence-corrected chi connectivity index (χ2v) is 8.04. The zero-order valence-corrected chi connectivity index (χ0v) is 18.9. The van der Waals surface area contributed by atoms with Crippen LogP contribution in [0.5, 0.6) is 11.5 Å². The van der Waals surface area contributed by atoms with Crippen molar-refractivity contribution in [2.24, 2.45) is 0 Å². The molecule has 3 heterocycles. The lowest BCUT2D eigenvalue weighted by molar-refractivity contribution is -0.122. The lowest BCUT2D eigenvalue weighted by atomic mass is 10.0. The van der Waals surface area contributed by atoms with E-state index in [0.29, 0.717) is 47.0 Å². The molecular weight excluding hydrogens is 436 g/mol. The summed E-state index contributed by atoms with van der Waals surface area (Å²) in [4.78, 5) is 43.0. The SMILES string of the molecule is COc1ccc2c(c1OC)C(=O)N1c3ccccc3C(=O)N(CC(=O)NCCn3cccc3)C21. The summed E-state index contributed by atoms with van der Waals surface area (Å²) in [6.45, 7) is 0.839. The van der Waals surface area contributed by atoms with Crippen LogP contribution in [-0.4, -0.2) is 54.5 Å². The maximum atomic E-state index is 13.6. The molecule has 0 saturated heterocycles. The van der Waals surface area contributed by atoms with Crippen LogP contribution in [-0.2, 0) is 11.3 Å². The van der Waals surface area contributed by atoms with Crippen LogP contribution in [0.2, 0.25) is 0 Å². The number of anilines is 1. The van der Waals surface area contributed by atoms with Crippen LogP contribution in [0.1, 0.15) is 32.4 Å². The van der Waals surface area contributed by atoms with E-state index < -0.39 is 6.17 Å². The van der Waals surface area contributed by atoms with Crippen LogP contribution in [0.3, 0.4) is 0 Å². The van der Waals surface area contributed by atoms with E-state index in [0.717, 1.165) is 0 Å². The number of carbonyl (C=O) groups is 3. The lowest BCUT2D eigenvalue weighted by Gasteiger charge is -2.40. The highest BCUT2D eigenvalue weighted by molar-refractivity contribution is 6.18. The smallest absolute Gasteiger partial charge is 0.264 e. The average Bonchev–Trinajstić information content (AvgIpc) is 3.47. The fraction of sp³-hybridized carbons (Fsp3) is 0.240. The van der Waals surface area contributed by atoms with Gasteiger partial charge in [-0.25, -0.2) is 0 Å². The van der Waals surface area contributed by atoms with Gasteiger partial charge in [-0.2, -0.15) is 0 Å². The molecule has 1 N–H and O–H groups in total. The van der Waals surface area contributed by atoms with Crippen LogP contribution < -0.4 is 19.7 Å². The number of para-hydroxylation sites is 1. The largest absolute Gasteiger partial charge is 0.493 e. The molecule has 1 atom stereocenters. The maximum absolute atomic E-state index is 13.6. The molecule has 2 aliphatic rings. The minimum Gasteiger partial charge on any atom is -0.493 e. The van der Waals surface area contributed by atoms with Gasteiger partial charge in [0.25, 0.3) is 11.8 Å². The number of methoxy groups -OCH3 is 2. The van der Waals surface area contributed by atoms with Crippen molar-refractivity contribution in [3.05, 3.63) is 77.6 Å². The number of nitrogens with one attached hydrogen (secondary N) is 1. The van der Waals surface area contributed by atoms with E-state index >= 15 is 0 Å². The number of rotatable bonds is 7. The van der Waals surface area contributed by atoms with Gasteiger partial charge in [-0.3, -0.25) is 19.3 Å². The summed E-state index contributed by atoms with van der Waals surface area (Å²) in [7, 11) is 2.97. The monoisotopic (exact) mass is 460 g/mol. The molecule has 174 valence electrons. The van der Waals surface area contributed by atoms with Gasteiger partial charge in [0.1, 0.15) is 12.7 Å². The summed E-state index contributed by atoms with van der Waals surface area (Å²) in [5, 5.41) is 2.87. The molecule has 0 aliphatic carbocycles. The second-order valence-electron chi connectivity index (χ2n) is 8.04. The van der Waals surface area contributed by atoms with E-state index in [9.17, 15) is 14.4 Å². The Morgan fingerprint density at radius 3 is 2.47 bits per heavy atom. The van der Waals surface area contributed by atoms with Crippen molar-refractivity contribution in [2.45, 2.75) is 12.7 Å². The van der Waals surface area contributed by atoms with E-state index in [1.165, 1.54) is 19.1 Å². The van der Waals surface area contributed by atoms with Crippen molar-refractivity contribution in [1.29, 1.82) is 0 Å². The standard InChI is InChI=1S/C25H24N4O5/c1-33-19-10-9-17-21(22(19)34-2)25(32)29-18-8-4-3-7-16(18)24(31)28(23(17)29)15-20(30)26-11-14-27-12-5-6-13-27/h3-10,12-13,23H,11,14-15H2,1-2H3,(H,26,30). The molecule has 2 aliphatic heterocycles. The average molecular weight is 460 g/mol. The van der Waals surface area contributed by atoms with Crippen molar-refractivity contribution in [1.82, 2.24) is 14.8 Å². The number of carbonyl (C=O) groups excluding carboxylic acids is 3. The molecule has 1 unspecified atom stereocenters. The maximum Gasteiger partial charge on any atom is 0.264 e. The van der Waals surface area contributed by atoms with Gasteiger partial charge in [0.2, 0.25) is 5.91 Å². The molecule has 0 bridgehead atoms. The Bertz CT molecular complexity index is 1270. The highest BCUT2D eigenvalue weighted by atomic mass is 16.5. The number of hydrogen-bond donors (Lipinski definition) is 1. The molecule has 3 aromatic rings. The van der Waals surface area contributed by atoms with Crippen LogP contribution in [0.15, 0.2) is 60.9 Å². The number of ether oxygens (including phenoxy) is 2. The Labute approximate surface area is 196 Å². The van der Waals surface area contributed by atoms with Gasteiger partial charge in [0, 0.05) is 31.0 Å². The topological polar surface area (TPSA) is 93.1 Å². The first-order chi connectivity index (χ1) is 16.5. The second kappa shape index (κ2) is 8.58. The van der Waals surface area contributed by atoms with Crippen molar-refractivity contribution in [3.8, 4) is 11.5 Å². The summed E-state index contributed by atoms with van der Waals surface area (Å²) in [5.74, 6) is -0.202. The van der Waals surface area contributed by atoms with Crippen LogP contribution in [0.4, 0.5) is 5.69 Å². The predicted octanol–water partition coefficient (Wildman–Crippen LogP) is 2.44.